The van der Waals surface area contributed by atoms with Gasteiger partial charge < -0.3 is 9.84 Å². The molecule has 1 saturated carbocycles. The predicted octanol–water partition coefficient (Wildman–Crippen LogP) is 2.97. The number of H-pyrrole nitrogens is 1. The number of aromatic amines is 1. The molecule has 0 bridgehead atoms. The highest BCUT2D eigenvalue weighted by Gasteiger charge is 2.30. The van der Waals surface area contributed by atoms with Crippen molar-refractivity contribution in [3.63, 3.8) is 0 Å². The zero-order valence-electron chi connectivity index (χ0n) is 14.3. The molecule has 2 aromatic heterocycles. The minimum atomic E-state index is 0.0600. The third kappa shape index (κ3) is 3.60. The summed E-state index contributed by atoms with van der Waals surface area (Å²) in [6.45, 7) is 9.04. The lowest BCUT2D eigenvalue weighted by atomic mass is 9.78. The van der Waals surface area contributed by atoms with Crippen LogP contribution in [0, 0.1) is 17.8 Å². The third-order valence-corrected chi connectivity index (χ3v) is 5.01. The smallest absolute Gasteiger partial charge is 0.244 e. The molecule has 1 aliphatic rings. The van der Waals surface area contributed by atoms with Gasteiger partial charge in [0.25, 0.3) is 0 Å². The number of hydrogen-bond donors (Lipinski definition) is 2. The van der Waals surface area contributed by atoms with Crippen molar-refractivity contribution in [3.05, 3.63) is 12.2 Å². The van der Waals surface area contributed by atoms with Crippen LogP contribution < -0.4 is 5.32 Å². The van der Waals surface area contributed by atoms with Gasteiger partial charge in [-0.25, -0.2) is 4.98 Å². The molecule has 0 radical (unpaired) electrons. The molecular formula is C16H26N6O. The Morgan fingerprint density at radius 1 is 1.26 bits per heavy atom. The van der Waals surface area contributed by atoms with Gasteiger partial charge >= 0.3 is 0 Å². The molecule has 0 unspecified atom stereocenters. The maximum atomic E-state index is 5.49. The van der Waals surface area contributed by atoms with Crippen molar-refractivity contribution in [2.45, 2.75) is 59.0 Å². The summed E-state index contributed by atoms with van der Waals surface area (Å²) in [7, 11) is 0. The third-order valence-electron chi connectivity index (χ3n) is 5.01. The Morgan fingerprint density at radius 3 is 2.74 bits per heavy atom. The largest absolute Gasteiger partial charge is 0.337 e. The van der Waals surface area contributed by atoms with E-state index in [4.69, 9.17) is 4.52 Å². The Morgan fingerprint density at radius 2 is 2.09 bits per heavy atom. The Labute approximate surface area is 136 Å². The molecule has 1 aliphatic carbocycles. The van der Waals surface area contributed by atoms with Crippen LogP contribution in [-0.4, -0.2) is 31.4 Å². The van der Waals surface area contributed by atoms with E-state index in [1.54, 1.807) is 0 Å². The van der Waals surface area contributed by atoms with Crippen LogP contribution in [0.15, 0.2) is 10.9 Å². The van der Waals surface area contributed by atoms with Gasteiger partial charge in [-0.15, -0.1) is 0 Å². The molecule has 0 aromatic carbocycles. The fourth-order valence-electron chi connectivity index (χ4n) is 3.27. The van der Waals surface area contributed by atoms with E-state index >= 15 is 0 Å². The standard InChI is InChI=1S/C16H26N6O/c1-9(2)13(19-12-6-5-10(3)11(4)7-12)16-20-15(22-23-16)14-17-8-18-21-14/h8-13,19H,5-7H2,1-4H3,(H,17,18,21)/t10-,11-,12+,13-/m0/s1. The van der Waals surface area contributed by atoms with Crippen molar-refractivity contribution in [1.29, 1.82) is 0 Å². The second kappa shape index (κ2) is 6.78. The Hall–Kier alpha value is -1.76. The summed E-state index contributed by atoms with van der Waals surface area (Å²) in [6.07, 6.45) is 5.12. The van der Waals surface area contributed by atoms with E-state index in [0.717, 1.165) is 11.8 Å². The Kier molecular flexibility index (Phi) is 4.75. The Bertz CT molecular complexity index is 608. The van der Waals surface area contributed by atoms with Crippen molar-refractivity contribution >= 4 is 0 Å². The number of aromatic nitrogens is 5. The Balaban J connectivity index is 1.72. The maximum absolute atomic E-state index is 5.49. The van der Waals surface area contributed by atoms with E-state index in [-0.39, 0.29) is 6.04 Å². The maximum Gasteiger partial charge on any atom is 0.244 e. The first-order valence-electron chi connectivity index (χ1n) is 8.50. The van der Waals surface area contributed by atoms with Crippen molar-refractivity contribution in [2.75, 3.05) is 0 Å². The van der Waals surface area contributed by atoms with Crippen LogP contribution in [0.3, 0.4) is 0 Å². The van der Waals surface area contributed by atoms with Gasteiger partial charge in [-0.3, -0.25) is 5.10 Å². The SMILES string of the molecule is CC(C)[C@H](N[C@@H]1CC[C@H](C)[C@@H](C)C1)c1nc(-c2ncn[nH]2)no1. The van der Waals surface area contributed by atoms with E-state index in [1.807, 2.05) is 0 Å². The zero-order valence-corrected chi connectivity index (χ0v) is 14.3. The highest BCUT2D eigenvalue weighted by molar-refractivity contribution is 5.39. The summed E-state index contributed by atoms with van der Waals surface area (Å²) in [5.74, 6) is 3.54. The van der Waals surface area contributed by atoms with E-state index in [1.165, 1.54) is 25.6 Å². The lowest BCUT2D eigenvalue weighted by molar-refractivity contribution is 0.189. The quantitative estimate of drug-likeness (QED) is 0.880. The number of nitrogens with one attached hydrogen (secondary N) is 2. The molecule has 126 valence electrons. The van der Waals surface area contributed by atoms with Crippen LogP contribution >= 0.6 is 0 Å². The van der Waals surface area contributed by atoms with Gasteiger partial charge in [-0.05, 0) is 37.0 Å². The fourth-order valence-corrected chi connectivity index (χ4v) is 3.27. The van der Waals surface area contributed by atoms with E-state index in [0.29, 0.717) is 29.5 Å². The lowest BCUT2D eigenvalue weighted by Gasteiger charge is -2.35. The summed E-state index contributed by atoms with van der Waals surface area (Å²) in [6, 6.07) is 0.569. The van der Waals surface area contributed by atoms with Gasteiger partial charge in [0.2, 0.25) is 11.7 Å². The number of rotatable bonds is 5. The van der Waals surface area contributed by atoms with Crippen molar-refractivity contribution in [2.24, 2.45) is 17.8 Å². The summed E-state index contributed by atoms with van der Waals surface area (Å²) in [5.41, 5.74) is 0. The van der Waals surface area contributed by atoms with Crippen LogP contribution in [0.5, 0.6) is 0 Å². The normalized spacial score (nSPS) is 26.6. The van der Waals surface area contributed by atoms with Gasteiger partial charge in [0, 0.05) is 6.04 Å². The van der Waals surface area contributed by atoms with Crippen LogP contribution in [0.25, 0.3) is 11.6 Å². The van der Waals surface area contributed by atoms with E-state index in [2.05, 4.69) is 58.3 Å². The first-order chi connectivity index (χ1) is 11.0. The highest BCUT2D eigenvalue weighted by atomic mass is 16.5. The summed E-state index contributed by atoms with van der Waals surface area (Å²) >= 11 is 0. The second-order valence-electron chi connectivity index (χ2n) is 7.14. The molecule has 2 heterocycles. The molecule has 4 atom stereocenters. The first-order valence-corrected chi connectivity index (χ1v) is 8.50. The molecule has 0 aliphatic heterocycles. The van der Waals surface area contributed by atoms with Gasteiger partial charge in [-0.2, -0.15) is 10.1 Å². The second-order valence-corrected chi connectivity index (χ2v) is 7.14. The molecule has 23 heavy (non-hydrogen) atoms. The average molecular weight is 318 g/mol. The lowest BCUT2D eigenvalue weighted by Crippen LogP contribution is -2.40. The van der Waals surface area contributed by atoms with Gasteiger partial charge in [-0.1, -0.05) is 32.9 Å². The molecule has 7 nitrogen and oxygen atoms in total. The van der Waals surface area contributed by atoms with Crippen molar-refractivity contribution in [3.8, 4) is 11.6 Å². The molecular weight excluding hydrogens is 292 g/mol. The molecule has 0 amide bonds. The van der Waals surface area contributed by atoms with Crippen LogP contribution in [0.1, 0.15) is 58.9 Å². The first kappa shape index (κ1) is 16.1. The summed E-state index contributed by atoms with van der Waals surface area (Å²) < 4.78 is 5.49. The number of nitrogens with zero attached hydrogens (tertiary/aromatic N) is 4. The topological polar surface area (TPSA) is 92.5 Å². The van der Waals surface area contributed by atoms with Crippen LogP contribution in [0.2, 0.25) is 0 Å². The predicted molar refractivity (Wildman–Crippen MR) is 86.4 cm³/mol. The van der Waals surface area contributed by atoms with Crippen LogP contribution in [-0.2, 0) is 0 Å². The molecule has 7 heteroatoms. The monoisotopic (exact) mass is 318 g/mol. The molecule has 1 fully saturated rings. The highest BCUT2D eigenvalue weighted by Crippen LogP contribution is 2.32. The van der Waals surface area contributed by atoms with E-state index in [9.17, 15) is 0 Å². The molecule has 2 aromatic rings. The minimum absolute atomic E-state index is 0.0600. The summed E-state index contributed by atoms with van der Waals surface area (Å²) in [4.78, 5) is 8.57. The van der Waals surface area contributed by atoms with E-state index < -0.39 is 0 Å². The zero-order chi connectivity index (χ0) is 16.4. The minimum Gasteiger partial charge on any atom is -0.337 e. The van der Waals surface area contributed by atoms with Gasteiger partial charge in [0.15, 0.2) is 5.82 Å². The molecule has 2 N–H and O–H groups in total. The van der Waals surface area contributed by atoms with Gasteiger partial charge in [0.1, 0.15) is 6.33 Å². The summed E-state index contributed by atoms with van der Waals surface area (Å²) in [5, 5.41) is 14.3. The molecule has 3 rings (SSSR count). The molecule has 0 spiro atoms. The fraction of sp³-hybridized carbons (Fsp3) is 0.750. The average Bonchev–Trinajstić information content (AvgIpc) is 3.18. The van der Waals surface area contributed by atoms with Gasteiger partial charge in [0.05, 0.1) is 6.04 Å². The number of hydrogen-bond acceptors (Lipinski definition) is 6. The van der Waals surface area contributed by atoms with Crippen LogP contribution in [0.4, 0.5) is 0 Å². The molecule has 0 saturated heterocycles. The van der Waals surface area contributed by atoms with Crippen molar-refractivity contribution < 1.29 is 4.52 Å². The van der Waals surface area contributed by atoms with Crippen molar-refractivity contribution in [1.82, 2.24) is 30.6 Å².